The van der Waals surface area contributed by atoms with Crippen LogP contribution < -0.4 is 4.90 Å². The van der Waals surface area contributed by atoms with Gasteiger partial charge >= 0.3 is 0 Å². The minimum absolute atomic E-state index is 0.0557. The molecule has 0 saturated carbocycles. The van der Waals surface area contributed by atoms with E-state index in [4.69, 9.17) is 16.3 Å². The lowest BCUT2D eigenvalue weighted by Crippen LogP contribution is -2.53. The molecule has 0 spiro atoms. The van der Waals surface area contributed by atoms with Crippen molar-refractivity contribution >= 4 is 17.4 Å². The molecule has 94 valence electrons. The highest BCUT2D eigenvalue weighted by molar-refractivity contribution is 6.30. The average molecular weight is 256 g/mol. The first kappa shape index (κ1) is 12.6. The summed E-state index contributed by atoms with van der Waals surface area (Å²) in [6, 6.07) is 0. The first-order valence-corrected chi connectivity index (χ1v) is 6.29. The van der Waals surface area contributed by atoms with Gasteiger partial charge in [-0.3, -0.25) is 0 Å². The molecule has 2 rings (SSSR count). The minimum atomic E-state index is -0.0557. The fourth-order valence-electron chi connectivity index (χ4n) is 2.17. The molecule has 2 heterocycles. The van der Waals surface area contributed by atoms with Crippen LogP contribution in [0.4, 0.5) is 5.82 Å². The molecule has 5 heteroatoms. The van der Waals surface area contributed by atoms with E-state index in [9.17, 15) is 0 Å². The highest BCUT2D eigenvalue weighted by Gasteiger charge is 2.33. The zero-order chi connectivity index (χ0) is 12.5. The normalized spacial score (nSPS) is 19.4. The van der Waals surface area contributed by atoms with Crippen LogP contribution in [-0.2, 0) is 11.2 Å². The van der Waals surface area contributed by atoms with Crippen molar-refractivity contribution < 1.29 is 4.74 Å². The molecule has 0 radical (unpaired) electrons. The van der Waals surface area contributed by atoms with Crippen LogP contribution in [0.15, 0.2) is 6.33 Å². The minimum Gasteiger partial charge on any atom is -0.377 e. The second-order valence-electron chi connectivity index (χ2n) is 4.84. The van der Waals surface area contributed by atoms with Gasteiger partial charge in [0.05, 0.1) is 18.8 Å². The van der Waals surface area contributed by atoms with Crippen molar-refractivity contribution in [3.8, 4) is 0 Å². The summed E-state index contributed by atoms with van der Waals surface area (Å²) < 4.78 is 5.52. The summed E-state index contributed by atoms with van der Waals surface area (Å²) in [6.45, 7) is 8.66. The van der Waals surface area contributed by atoms with E-state index in [2.05, 4.69) is 35.6 Å². The maximum Gasteiger partial charge on any atom is 0.137 e. The molecule has 0 aromatic carbocycles. The summed E-state index contributed by atoms with van der Waals surface area (Å²) in [5.41, 5.74) is 0.962. The summed E-state index contributed by atoms with van der Waals surface area (Å²) >= 11 is 6.13. The van der Waals surface area contributed by atoms with Gasteiger partial charge in [0.15, 0.2) is 0 Å². The molecule has 1 aliphatic heterocycles. The quantitative estimate of drug-likeness (QED) is 0.760. The Bertz CT molecular complexity index is 409. The maximum atomic E-state index is 6.13. The molecule has 0 amide bonds. The van der Waals surface area contributed by atoms with Crippen LogP contribution in [0.5, 0.6) is 0 Å². The Hall–Kier alpha value is -0.870. The molecule has 1 aliphatic rings. The molecule has 1 fully saturated rings. The molecular formula is C12H18ClN3O. The van der Waals surface area contributed by atoms with Crippen LogP contribution in [0.1, 0.15) is 26.3 Å². The van der Waals surface area contributed by atoms with Crippen LogP contribution in [0.25, 0.3) is 0 Å². The van der Waals surface area contributed by atoms with Gasteiger partial charge in [-0.25, -0.2) is 9.97 Å². The van der Waals surface area contributed by atoms with Crippen LogP contribution in [0, 0.1) is 0 Å². The fourth-order valence-corrected chi connectivity index (χ4v) is 2.43. The Balaban J connectivity index is 2.42. The van der Waals surface area contributed by atoms with Gasteiger partial charge in [-0.1, -0.05) is 18.5 Å². The Morgan fingerprint density at radius 1 is 1.47 bits per heavy atom. The van der Waals surface area contributed by atoms with Gasteiger partial charge in [-0.05, 0) is 20.3 Å². The number of anilines is 1. The van der Waals surface area contributed by atoms with Crippen LogP contribution in [-0.4, -0.2) is 35.3 Å². The summed E-state index contributed by atoms with van der Waals surface area (Å²) in [4.78, 5) is 10.7. The van der Waals surface area contributed by atoms with E-state index in [1.165, 1.54) is 6.33 Å². The summed E-state index contributed by atoms with van der Waals surface area (Å²) in [5.74, 6) is 0.945. The van der Waals surface area contributed by atoms with Crippen molar-refractivity contribution in [2.45, 2.75) is 32.7 Å². The Labute approximate surface area is 107 Å². The first-order valence-electron chi connectivity index (χ1n) is 5.91. The number of ether oxygens (including phenoxy) is 1. The second kappa shape index (κ2) is 4.78. The standard InChI is InChI=1S/C12H18ClN3O/c1-4-9-10(13)14-8-15-11(9)16-5-6-17-7-12(16,2)3/h8H,4-7H2,1-3H3. The van der Waals surface area contributed by atoms with E-state index < -0.39 is 0 Å². The van der Waals surface area contributed by atoms with E-state index >= 15 is 0 Å². The second-order valence-corrected chi connectivity index (χ2v) is 5.19. The predicted octanol–water partition coefficient (Wildman–Crippen LogP) is 2.31. The number of rotatable bonds is 2. The zero-order valence-corrected chi connectivity index (χ0v) is 11.3. The number of aromatic nitrogens is 2. The van der Waals surface area contributed by atoms with Crippen molar-refractivity contribution in [2.75, 3.05) is 24.7 Å². The monoisotopic (exact) mass is 255 g/mol. The molecule has 4 nitrogen and oxygen atoms in total. The molecule has 1 saturated heterocycles. The number of halogens is 1. The summed E-state index contributed by atoms with van der Waals surface area (Å²) in [7, 11) is 0. The van der Waals surface area contributed by atoms with Gasteiger partial charge in [0.25, 0.3) is 0 Å². The van der Waals surface area contributed by atoms with Crippen LogP contribution in [0.3, 0.4) is 0 Å². The van der Waals surface area contributed by atoms with E-state index in [0.29, 0.717) is 11.8 Å². The van der Waals surface area contributed by atoms with Gasteiger partial charge in [-0.15, -0.1) is 0 Å². The predicted molar refractivity (Wildman–Crippen MR) is 68.7 cm³/mol. The van der Waals surface area contributed by atoms with Crippen molar-refractivity contribution in [2.24, 2.45) is 0 Å². The number of hydrogen-bond donors (Lipinski definition) is 0. The van der Waals surface area contributed by atoms with E-state index in [-0.39, 0.29) is 5.54 Å². The molecule has 17 heavy (non-hydrogen) atoms. The summed E-state index contributed by atoms with van der Waals surface area (Å²) in [5, 5.41) is 0.555. The number of nitrogens with zero attached hydrogens (tertiary/aromatic N) is 3. The molecule has 0 N–H and O–H groups in total. The third kappa shape index (κ3) is 2.38. The van der Waals surface area contributed by atoms with Gasteiger partial charge in [0, 0.05) is 12.1 Å². The molecule has 0 unspecified atom stereocenters. The lowest BCUT2D eigenvalue weighted by molar-refractivity contribution is 0.0638. The molecule has 0 aliphatic carbocycles. The molecular weight excluding hydrogens is 238 g/mol. The Morgan fingerprint density at radius 3 is 2.88 bits per heavy atom. The van der Waals surface area contributed by atoms with Gasteiger partial charge in [0.2, 0.25) is 0 Å². The molecule has 1 aromatic heterocycles. The first-order chi connectivity index (χ1) is 8.06. The van der Waals surface area contributed by atoms with Crippen molar-refractivity contribution in [1.29, 1.82) is 0 Å². The number of hydrogen-bond acceptors (Lipinski definition) is 4. The van der Waals surface area contributed by atoms with E-state index in [1.54, 1.807) is 0 Å². The van der Waals surface area contributed by atoms with Crippen LogP contribution >= 0.6 is 11.6 Å². The lowest BCUT2D eigenvalue weighted by atomic mass is 10.0. The van der Waals surface area contributed by atoms with E-state index in [1.807, 2.05) is 0 Å². The van der Waals surface area contributed by atoms with Crippen LogP contribution in [0.2, 0.25) is 5.15 Å². The summed E-state index contributed by atoms with van der Waals surface area (Å²) in [6.07, 6.45) is 2.37. The van der Waals surface area contributed by atoms with Gasteiger partial charge in [-0.2, -0.15) is 0 Å². The topological polar surface area (TPSA) is 38.2 Å². The Morgan fingerprint density at radius 2 is 2.24 bits per heavy atom. The molecule has 0 atom stereocenters. The average Bonchev–Trinajstić information content (AvgIpc) is 2.28. The largest absolute Gasteiger partial charge is 0.377 e. The SMILES string of the molecule is CCc1c(Cl)ncnc1N1CCOCC1(C)C. The van der Waals surface area contributed by atoms with Gasteiger partial charge < -0.3 is 9.64 Å². The lowest BCUT2D eigenvalue weighted by Gasteiger charge is -2.43. The van der Waals surface area contributed by atoms with Gasteiger partial charge in [0.1, 0.15) is 17.3 Å². The molecule has 1 aromatic rings. The third-order valence-electron chi connectivity index (χ3n) is 3.12. The molecule has 0 bridgehead atoms. The highest BCUT2D eigenvalue weighted by Crippen LogP contribution is 2.30. The van der Waals surface area contributed by atoms with Crippen molar-refractivity contribution in [1.82, 2.24) is 9.97 Å². The third-order valence-corrected chi connectivity index (χ3v) is 3.45. The number of morpholine rings is 1. The van der Waals surface area contributed by atoms with Crippen molar-refractivity contribution in [3.05, 3.63) is 17.0 Å². The van der Waals surface area contributed by atoms with E-state index in [0.717, 1.165) is 31.0 Å². The smallest absolute Gasteiger partial charge is 0.137 e. The Kier molecular flexibility index (Phi) is 3.54. The zero-order valence-electron chi connectivity index (χ0n) is 10.5. The van der Waals surface area contributed by atoms with Crippen molar-refractivity contribution in [3.63, 3.8) is 0 Å². The highest BCUT2D eigenvalue weighted by atomic mass is 35.5. The fraction of sp³-hybridized carbons (Fsp3) is 0.667. The maximum absolute atomic E-state index is 6.13.